The van der Waals surface area contributed by atoms with Crippen molar-refractivity contribution in [3.05, 3.63) is 28.7 Å². The first kappa shape index (κ1) is 14.4. The zero-order valence-electron chi connectivity index (χ0n) is 12.0. The number of benzene rings is 1. The molecule has 1 aromatic rings. The second-order valence-electron chi connectivity index (χ2n) is 6.78. The van der Waals surface area contributed by atoms with Gasteiger partial charge in [-0.05, 0) is 68.2 Å². The monoisotopic (exact) mass is 337 g/mol. The highest BCUT2D eigenvalue weighted by Crippen LogP contribution is 2.51. The summed E-state index contributed by atoms with van der Waals surface area (Å²) in [4.78, 5) is 0. The summed E-state index contributed by atoms with van der Waals surface area (Å²) in [6.45, 7) is 0.235. The summed E-state index contributed by atoms with van der Waals surface area (Å²) >= 11 is 3.46. The van der Waals surface area contributed by atoms with Gasteiger partial charge in [0.1, 0.15) is 0 Å². The molecule has 1 aromatic carbocycles. The predicted octanol–water partition coefficient (Wildman–Crippen LogP) is 4.73. The van der Waals surface area contributed by atoms with Gasteiger partial charge in [0.05, 0.1) is 12.1 Å². The average Bonchev–Trinajstić information content (AvgIpc) is 2.93. The Labute approximate surface area is 130 Å². The Morgan fingerprint density at radius 2 is 1.55 bits per heavy atom. The van der Waals surface area contributed by atoms with Crippen LogP contribution in [-0.4, -0.2) is 17.3 Å². The van der Waals surface area contributed by atoms with Gasteiger partial charge in [0, 0.05) is 10.2 Å². The maximum atomic E-state index is 9.92. The highest BCUT2D eigenvalue weighted by Gasteiger charge is 2.43. The molecule has 2 fully saturated rings. The number of halogens is 1. The minimum atomic E-state index is -0.109. The quantitative estimate of drug-likeness (QED) is 0.835. The first-order chi connectivity index (χ1) is 9.65. The number of anilines is 1. The maximum absolute atomic E-state index is 9.92. The number of hydrogen-bond acceptors (Lipinski definition) is 2. The van der Waals surface area contributed by atoms with Crippen molar-refractivity contribution in [1.82, 2.24) is 0 Å². The molecule has 2 N–H and O–H groups in total. The zero-order chi connectivity index (χ0) is 14.1. The largest absolute Gasteiger partial charge is 0.394 e. The molecule has 0 radical (unpaired) electrons. The molecule has 2 nitrogen and oxygen atoms in total. The standard InChI is InChI=1S/C17H24BrNO/c18-14-3-5-15(6-4-14)19-17(13-20)11-9-16(10-12-17)7-1-2-8-16/h3-6,19-20H,1-2,7-13H2. The SMILES string of the molecule is OCC1(Nc2ccc(Br)cc2)CCC2(CCCC2)CC1. The molecule has 1 spiro atoms. The Balaban J connectivity index is 1.68. The van der Waals surface area contributed by atoms with E-state index in [4.69, 9.17) is 0 Å². The van der Waals surface area contributed by atoms with E-state index in [0.717, 1.165) is 23.0 Å². The van der Waals surface area contributed by atoms with E-state index in [2.05, 4.69) is 45.5 Å². The lowest BCUT2D eigenvalue weighted by Crippen LogP contribution is -2.47. The summed E-state index contributed by atoms with van der Waals surface area (Å²) in [7, 11) is 0. The van der Waals surface area contributed by atoms with Gasteiger partial charge < -0.3 is 10.4 Å². The lowest BCUT2D eigenvalue weighted by Gasteiger charge is -2.45. The normalized spacial score (nSPS) is 23.9. The predicted molar refractivity (Wildman–Crippen MR) is 87.0 cm³/mol. The third-order valence-corrected chi connectivity index (χ3v) is 6.02. The second kappa shape index (κ2) is 5.69. The third-order valence-electron chi connectivity index (χ3n) is 5.49. The van der Waals surface area contributed by atoms with Gasteiger partial charge in [0.25, 0.3) is 0 Å². The van der Waals surface area contributed by atoms with Crippen LogP contribution >= 0.6 is 15.9 Å². The van der Waals surface area contributed by atoms with E-state index in [1.165, 1.54) is 38.5 Å². The van der Waals surface area contributed by atoms with Crippen LogP contribution in [0.25, 0.3) is 0 Å². The summed E-state index contributed by atoms with van der Waals surface area (Å²) < 4.78 is 1.09. The molecule has 0 atom stereocenters. The summed E-state index contributed by atoms with van der Waals surface area (Å²) in [6.07, 6.45) is 10.4. The fourth-order valence-corrected chi connectivity index (χ4v) is 4.31. The molecule has 0 bridgehead atoms. The molecule has 0 saturated heterocycles. The number of aliphatic hydroxyl groups excluding tert-OH is 1. The van der Waals surface area contributed by atoms with Crippen LogP contribution < -0.4 is 5.32 Å². The summed E-state index contributed by atoms with van der Waals surface area (Å²) in [5.41, 5.74) is 1.62. The first-order valence-electron chi connectivity index (χ1n) is 7.80. The van der Waals surface area contributed by atoms with Crippen molar-refractivity contribution in [2.75, 3.05) is 11.9 Å². The molecular weight excluding hydrogens is 314 g/mol. The molecule has 0 aliphatic heterocycles. The Morgan fingerprint density at radius 3 is 2.10 bits per heavy atom. The van der Waals surface area contributed by atoms with Crippen LogP contribution in [0.3, 0.4) is 0 Å². The highest BCUT2D eigenvalue weighted by molar-refractivity contribution is 9.10. The summed E-state index contributed by atoms with van der Waals surface area (Å²) in [5, 5.41) is 13.5. The van der Waals surface area contributed by atoms with Gasteiger partial charge in [-0.2, -0.15) is 0 Å². The molecule has 3 rings (SSSR count). The highest BCUT2D eigenvalue weighted by atomic mass is 79.9. The van der Waals surface area contributed by atoms with Crippen molar-refractivity contribution >= 4 is 21.6 Å². The summed E-state index contributed by atoms with van der Waals surface area (Å²) in [6, 6.07) is 8.27. The van der Waals surface area contributed by atoms with Crippen molar-refractivity contribution in [2.45, 2.75) is 56.9 Å². The number of nitrogens with one attached hydrogen (secondary N) is 1. The summed E-state index contributed by atoms with van der Waals surface area (Å²) in [5.74, 6) is 0. The van der Waals surface area contributed by atoms with Crippen LogP contribution in [0.1, 0.15) is 51.4 Å². The third kappa shape index (κ3) is 2.89. The van der Waals surface area contributed by atoms with Crippen molar-refractivity contribution < 1.29 is 5.11 Å². The molecule has 20 heavy (non-hydrogen) atoms. The van der Waals surface area contributed by atoms with Gasteiger partial charge in [0.15, 0.2) is 0 Å². The molecule has 3 heteroatoms. The Hall–Kier alpha value is -0.540. The zero-order valence-corrected chi connectivity index (χ0v) is 13.6. The Kier molecular flexibility index (Phi) is 4.09. The van der Waals surface area contributed by atoms with Crippen molar-refractivity contribution in [1.29, 1.82) is 0 Å². The van der Waals surface area contributed by atoms with Gasteiger partial charge in [0.2, 0.25) is 0 Å². The van der Waals surface area contributed by atoms with E-state index in [9.17, 15) is 5.11 Å². The molecule has 0 aromatic heterocycles. The number of rotatable bonds is 3. The van der Waals surface area contributed by atoms with Gasteiger partial charge >= 0.3 is 0 Å². The van der Waals surface area contributed by atoms with Crippen molar-refractivity contribution in [3.8, 4) is 0 Å². The molecule has 0 amide bonds. The van der Waals surface area contributed by atoms with Gasteiger partial charge in [-0.25, -0.2) is 0 Å². The minimum absolute atomic E-state index is 0.109. The van der Waals surface area contributed by atoms with E-state index in [1.54, 1.807) is 0 Å². The van der Waals surface area contributed by atoms with Crippen LogP contribution in [-0.2, 0) is 0 Å². The smallest absolute Gasteiger partial charge is 0.0661 e. The van der Waals surface area contributed by atoms with Crippen LogP contribution in [0.4, 0.5) is 5.69 Å². The maximum Gasteiger partial charge on any atom is 0.0661 e. The van der Waals surface area contributed by atoms with E-state index in [0.29, 0.717) is 5.41 Å². The number of hydrogen-bond donors (Lipinski definition) is 2. The van der Waals surface area contributed by atoms with E-state index in [-0.39, 0.29) is 12.1 Å². The topological polar surface area (TPSA) is 32.3 Å². The van der Waals surface area contributed by atoms with Crippen molar-refractivity contribution in [3.63, 3.8) is 0 Å². The number of aliphatic hydroxyl groups is 1. The molecule has 0 heterocycles. The van der Waals surface area contributed by atoms with Gasteiger partial charge in [-0.3, -0.25) is 0 Å². The van der Waals surface area contributed by atoms with E-state index < -0.39 is 0 Å². The fourth-order valence-electron chi connectivity index (χ4n) is 4.05. The van der Waals surface area contributed by atoms with Crippen LogP contribution in [0, 0.1) is 5.41 Å². The molecule has 2 saturated carbocycles. The van der Waals surface area contributed by atoms with E-state index in [1.807, 2.05) is 0 Å². The van der Waals surface area contributed by atoms with Crippen molar-refractivity contribution in [2.24, 2.45) is 5.41 Å². The lowest BCUT2D eigenvalue weighted by molar-refractivity contribution is 0.100. The fraction of sp³-hybridized carbons (Fsp3) is 0.647. The molecule has 2 aliphatic rings. The van der Waals surface area contributed by atoms with Crippen LogP contribution in [0.2, 0.25) is 0 Å². The lowest BCUT2D eigenvalue weighted by atomic mass is 9.66. The molecule has 2 aliphatic carbocycles. The van der Waals surface area contributed by atoms with E-state index >= 15 is 0 Å². The molecule has 110 valence electrons. The first-order valence-corrected chi connectivity index (χ1v) is 8.59. The van der Waals surface area contributed by atoms with Crippen LogP contribution in [0.15, 0.2) is 28.7 Å². The average molecular weight is 338 g/mol. The van der Waals surface area contributed by atoms with Crippen LogP contribution in [0.5, 0.6) is 0 Å². The molecular formula is C17H24BrNO. The second-order valence-corrected chi connectivity index (χ2v) is 7.69. The Morgan fingerprint density at radius 1 is 0.950 bits per heavy atom. The Bertz CT molecular complexity index is 441. The van der Waals surface area contributed by atoms with Gasteiger partial charge in [-0.1, -0.05) is 28.8 Å². The van der Waals surface area contributed by atoms with Gasteiger partial charge in [-0.15, -0.1) is 0 Å². The molecule has 0 unspecified atom stereocenters. The minimum Gasteiger partial charge on any atom is -0.394 e.